The molecule has 2 nitrogen and oxygen atoms in total. The number of aliphatic hydroxyl groups excluding tert-OH is 1. The van der Waals surface area contributed by atoms with Gasteiger partial charge in [0.1, 0.15) is 18.2 Å². The molecule has 0 aliphatic carbocycles. The first kappa shape index (κ1) is 14.0. The average Bonchev–Trinajstić information content (AvgIpc) is 2.35. The third-order valence-corrected chi connectivity index (χ3v) is 3.13. The molecule has 0 aromatic heterocycles. The molecule has 2 aromatic carbocycles. The Bertz CT molecular complexity index is 550. The fraction of sp³-hybridized carbons (Fsp3) is 0.200. The minimum Gasteiger partial charge on any atom is -0.489 e. The van der Waals surface area contributed by atoms with Gasteiger partial charge in [-0.3, -0.25) is 0 Å². The van der Waals surface area contributed by atoms with Crippen LogP contribution in [0.1, 0.15) is 24.2 Å². The van der Waals surface area contributed by atoms with Crippen LogP contribution in [0.2, 0.25) is 0 Å². The maximum atomic E-state index is 13.2. The lowest BCUT2D eigenvalue weighted by molar-refractivity contribution is 0.198. The van der Waals surface area contributed by atoms with E-state index in [0.29, 0.717) is 10.2 Å². The Balaban J connectivity index is 2.07. The molecule has 0 aliphatic heterocycles. The fourth-order valence-corrected chi connectivity index (χ4v) is 2.24. The summed E-state index contributed by atoms with van der Waals surface area (Å²) in [4.78, 5) is 0. The van der Waals surface area contributed by atoms with Crippen molar-refractivity contribution in [3.8, 4) is 5.75 Å². The summed E-state index contributed by atoms with van der Waals surface area (Å²) < 4.78 is 19.5. The number of aliphatic hydroxyl groups is 1. The normalized spacial score (nSPS) is 12.2. The highest BCUT2D eigenvalue weighted by Crippen LogP contribution is 2.21. The predicted molar refractivity (Wildman–Crippen MR) is 75.5 cm³/mol. The fourth-order valence-electron chi connectivity index (χ4n) is 1.73. The standard InChI is InChI=1S/C15H14BrFO2/c1-10(18)12-3-2-4-15(7-12)19-9-11-5-13(16)8-14(17)6-11/h2-8,10,18H,9H2,1H3/t10-/m0/s1. The minimum atomic E-state index is -0.535. The number of hydrogen-bond acceptors (Lipinski definition) is 2. The van der Waals surface area contributed by atoms with E-state index in [1.165, 1.54) is 12.1 Å². The lowest BCUT2D eigenvalue weighted by atomic mass is 10.1. The third-order valence-electron chi connectivity index (χ3n) is 2.67. The van der Waals surface area contributed by atoms with E-state index in [9.17, 15) is 9.50 Å². The molecule has 1 atom stereocenters. The summed E-state index contributed by atoms with van der Waals surface area (Å²) in [6.45, 7) is 1.97. The topological polar surface area (TPSA) is 29.5 Å². The Labute approximate surface area is 120 Å². The maximum Gasteiger partial charge on any atom is 0.124 e. The second kappa shape index (κ2) is 6.17. The third kappa shape index (κ3) is 4.04. The first-order valence-corrected chi connectivity index (χ1v) is 6.69. The maximum absolute atomic E-state index is 13.2. The highest BCUT2D eigenvalue weighted by Gasteiger charge is 2.04. The molecular weight excluding hydrogens is 311 g/mol. The predicted octanol–water partition coefficient (Wildman–Crippen LogP) is 4.22. The SMILES string of the molecule is C[C@H](O)c1cccc(OCc2cc(F)cc(Br)c2)c1. The van der Waals surface area contributed by atoms with E-state index in [-0.39, 0.29) is 12.4 Å². The van der Waals surface area contributed by atoms with Gasteiger partial charge in [-0.2, -0.15) is 0 Å². The second-order valence-electron chi connectivity index (χ2n) is 4.31. The van der Waals surface area contributed by atoms with Crippen LogP contribution in [0.15, 0.2) is 46.9 Å². The number of halogens is 2. The van der Waals surface area contributed by atoms with Crippen molar-refractivity contribution in [1.82, 2.24) is 0 Å². The molecule has 0 spiro atoms. The van der Waals surface area contributed by atoms with Crippen LogP contribution in [-0.4, -0.2) is 5.11 Å². The summed E-state index contributed by atoms with van der Waals surface area (Å²) >= 11 is 3.24. The Morgan fingerprint density at radius 3 is 2.74 bits per heavy atom. The van der Waals surface area contributed by atoms with Crippen molar-refractivity contribution >= 4 is 15.9 Å². The molecule has 0 fully saturated rings. The highest BCUT2D eigenvalue weighted by molar-refractivity contribution is 9.10. The van der Waals surface area contributed by atoms with Gasteiger partial charge in [0.05, 0.1) is 6.10 Å². The molecule has 0 bridgehead atoms. The van der Waals surface area contributed by atoms with Crippen LogP contribution in [0, 0.1) is 5.82 Å². The molecule has 2 aromatic rings. The van der Waals surface area contributed by atoms with E-state index < -0.39 is 6.10 Å². The molecule has 0 amide bonds. The first-order valence-electron chi connectivity index (χ1n) is 5.90. The van der Waals surface area contributed by atoms with Crippen molar-refractivity contribution in [3.63, 3.8) is 0 Å². The number of hydrogen-bond donors (Lipinski definition) is 1. The van der Waals surface area contributed by atoms with Crippen molar-refractivity contribution in [2.75, 3.05) is 0 Å². The zero-order valence-electron chi connectivity index (χ0n) is 10.4. The van der Waals surface area contributed by atoms with Gasteiger partial charge in [-0.15, -0.1) is 0 Å². The smallest absolute Gasteiger partial charge is 0.124 e. The van der Waals surface area contributed by atoms with Crippen LogP contribution in [0.25, 0.3) is 0 Å². The van der Waals surface area contributed by atoms with Crippen LogP contribution in [0.4, 0.5) is 4.39 Å². The van der Waals surface area contributed by atoms with Crippen molar-refractivity contribution in [1.29, 1.82) is 0 Å². The number of benzene rings is 2. The molecule has 0 saturated heterocycles. The van der Waals surface area contributed by atoms with E-state index in [0.717, 1.165) is 11.1 Å². The quantitative estimate of drug-likeness (QED) is 0.912. The van der Waals surface area contributed by atoms with Crippen LogP contribution in [0.3, 0.4) is 0 Å². The summed E-state index contributed by atoms with van der Waals surface area (Å²) in [5.74, 6) is 0.351. The summed E-state index contributed by atoms with van der Waals surface area (Å²) in [6.07, 6.45) is -0.535. The monoisotopic (exact) mass is 324 g/mol. The number of ether oxygens (including phenoxy) is 1. The van der Waals surface area contributed by atoms with Gasteiger partial charge in [0, 0.05) is 4.47 Å². The zero-order valence-corrected chi connectivity index (χ0v) is 12.0. The summed E-state index contributed by atoms with van der Waals surface area (Å²) in [6, 6.07) is 11.9. The molecule has 2 rings (SSSR count). The molecule has 0 saturated carbocycles. The Morgan fingerprint density at radius 2 is 2.05 bits per heavy atom. The minimum absolute atomic E-state index is 0.277. The summed E-state index contributed by atoms with van der Waals surface area (Å²) in [5.41, 5.74) is 1.53. The van der Waals surface area contributed by atoms with Gasteiger partial charge in [0.25, 0.3) is 0 Å². The van der Waals surface area contributed by atoms with Crippen LogP contribution >= 0.6 is 15.9 Å². The van der Waals surface area contributed by atoms with Gasteiger partial charge in [-0.1, -0.05) is 28.1 Å². The molecule has 0 aliphatic rings. The molecule has 0 unspecified atom stereocenters. The van der Waals surface area contributed by atoms with Gasteiger partial charge in [0.2, 0.25) is 0 Å². The molecule has 0 heterocycles. The Kier molecular flexibility index (Phi) is 4.56. The Hall–Kier alpha value is -1.39. The Morgan fingerprint density at radius 1 is 1.26 bits per heavy atom. The lowest BCUT2D eigenvalue weighted by Crippen LogP contribution is -1.98. The van der Waals surface area contributed by atoms with Gasteiger partial charge in [-0.05, 0) is 48.4 Å². The number of rotatable bonds is 4. The van der Waals surface area contributed by atoms with E-state index in [2.05, 4.69) is 15.9 Å². The summed E-state index contributed by atoms with van der Waals surface area (Å²) in [7, 11) is 0. The molecule has 0 radical (unpaired) electrons. The van der Waals surface area contributed by atoms with Gasteiger partial charge in [0.15, 0.2) is 0 Å². The first-order chi connectivity index (χ1) is 9.04. The van der Waals surface area contributed by atoms with E-state index in [1.54, 1.807) is 19.1 Å². The van der Waals surface area contributed by atoms with Crippen molar-refractivity contribution in [2.24, 2.45) is 0 Å². The second-order valence-corrected chi connectivity index (χ2v) is 5.23. The van der Waals surface area contributed by atoms with Gasteiger partial charge in [-0.25, -0.2) is 4.39 Å². The van der Waals surface area contributed by atoms with E-state index in [4.69, 9.17) is 4.74 Å². The zero-order chi connectivity index (χ0) is 13.8. The average molecular weight is 325 g/mol. The lowest BCUT2D eigenvalue weighted by Gasteiger charge is -2.10. The van der Waals surface area contributed by atoms with Crippen molar-refractivity contribution in [3.05, 3.63) is 63.9 Å². The van der Waals surface area contributed by atoms with Crippen molar-refractivity contribution in [2.45, 2.75) is 19.6 Å². The molecule has 100 valence electrons. The molecular formula is C15H14BrFO2. The molecule has 19 heavy (non-hydrogen) atoms. The van der Waals surface area contributed by atoms with Crippen LogP contribution < -0.4 is 4.74 Å². The van der Waals surface area contributed by atoms with Gasteiger partial charge >= 0.3 is 0 Å². The van der Waals surface area contributed by atoms with E-state index >= 15 is 0 Å². The molecule has 4 heteroatoms. The summed E-state index contributed by atoms with van der Waals surface area (Å²) in [5, 5.41) is 9.49. The molecule has 1 N–H and O–H groups in total. The highest BCUT2D eigenvalue weighted by atomic mass is 79.9. The van der Waals surface area contributed by atoms with Crippen LogP contribution in [-0.2, 0) is 6.61 Å². The van der Waals surface area contributed by atoms with Crippen LogP contribution in [0.5, 0.6) is 5.75 Å². The van der Waals surface area contributed by atoms with Crippen molar-refractivity contribution < 1.29 is 14.2 Å². The largest absolute Gasteiger partial charge is 0.489 e. The van der Waals surface area contributed by atoms with Gasteiger partial charge < -0.3 is 9.84 Å². The van der Waals surface area contributed by atoms with E-state index in [1.807, 2.05) is 18.2 Å².